The van der Waals surface area contributed by atoms with Gasteiger partial charge >= 0.3 is 31.5 Å². The molecule has 0 fully saturated rings. The van der Waals surface area contributed by atoms with Gasteiger partial charge in [-0.2, -0.15) is 39.5 Å². The molecule has 162 valence electrons. The van der Waals surface area contributed by atoms with Crippen LogP contribution in [0.25, 0.3) is 0 Å². The maximum Gasteiger partial charge on any atom is 0.542 e. The minimum Gasteiger partial charge on any atom is -0.330 e. The summed E-state index contributed by atoms with van der Waals surface area (Å²) in [5, 5.41) is -6.37. The zero-order valence-corrected chi connectivity index (χ0v) is 15.5. The van der Waals surface area contributed by atoms with Crippen molar-refractivity contribution in [3.05, 3.63) is 0 Å². The van der Waals surface area contributed by atoms with E-state index in [1.54, 1.807) is 0 Å². The molecule has 0 amide bonds. The van der Waals surface area contributed by atoms with Gasteiger partial charge in [0.15, 0.2) is 0 Å². The van der Waals surface area contributed by atoms with Crippen LogP contribution in [0.1, 0.15) is 13.8 Å². The van der Waals surface area contributed by atoms with Crippen molar-refractivity contribution in [2.24, 2.45) is 0 Å². The second-order valence-corrected chi connectivity index (χ2v) is 8.37. The summed E-state index contributed by atoms with van der Waals surface area (Å²) in [6.45, 7) is 1.86. The number of ether oxygens (including phenoxy) is 2. The number of hydrogen-bond donors (Lipinski definition) is 0. The molecule has 4 nitrogen and oxygen atoms in total. The van der Waals surface area contributed by atoms with Crippen molar-refractivity contribution in [3.8, 4) is 0 Å². The zero-order chi connectivity index (χ0) is 21.9. The van der Waals surface area contributed by atoms with Gasteiger partial charge in [-0.3, -0.25) is 4.74 Å². The van der Waals surface area contributed by atoms with Gasteiger partial charge in [-0.1, -0.05) is 11.8 Å². The summed E-state index contributed by atoms with van der Waals surface area (Å²) in [6.07, 6.45) is -17.9. The first-order chi connectivity index (χ1) is 11.8. The third kappa shape index (κ3) is 6.87. The van der Waals surface area contributed by atoms with Crippen molar-refractivity contribution < 1.29 is 62.5 Å². The third-order valence-electron chi connectivity index (χ3n) is 2.68. The Morgan fingerprint density at radius 2 is 1.48 bits per heavy atom. The van der Waals surface area contributed by atoms with Crippen LogP contribution in [0, 0.1) is 0 Å². The second-order valence-electron chi connectivity index (χ2n) is 5.17. The summed E-state index contributed by atoms with van der Waals surface area (Å²) < 4.78 is 149. The van der Waals surface area contributed by atoms with Crippen LogP contribution in [-0.4, -0.2) is 54.6 Å². The van der Waals surface area contributed by atoms with Gasteiger partial charge in [0.2, 0.25) is 0 Å². The lowest BCUT2D eigenvalue weighted by Crippen LogP contribution is -2.55. The summed E-state index contributed by atoms with van der Waals surface area (Å²) >= 11 is -0.748. The molecule has 0 N–H and O–H groups in total. The Labute approximate surface area is 151 Å². The molecule has 2 atom stereocenters. The molecule has 0 aliphatic carbocycles. The SMILES string of the molecule is CO[P+](=O)C(C)(C)OCCSC(F)(F)C(F)OC(F)(F)C(F)(F)C(F)(F)F. The summed E-state index contributed by atoms with van der Waals surface area (Å²) in [5.41, 5.74) is 0. The third-order valence-corrected chi connectivity index (χ3v) is 4.96. The van der Waals surface area contributed by atoms with Crippen LogP contribution in [0.2, 0.25) is 0 Å². The highest BCUT2D eigenvalue weighted by molar-refractivity contribution is 8.00. The molecule has 0 aliphatic rings. The minimum absolute atomic E-state index is 0.639. The zero-order valence-electron chi connectivity index (χ0n) is 13.8. The highest BCUT2D eigenvalue weighted by Crippen LogP contribution is 2.49. The number of thioether (sulfide) groups is 1. The molecular weight excluding hydrogens is 449 g/mol. The average Bonchev–Trinajstić information content (AvgIpc) is 2.48. The normalized spacial score (nSPS) is 16.4. The average molecular weight is 463 g/mol. The number of halogens is 10. The van der Waals surface area contributed by atoms with Crippen molar-refractivity contribution in [1.82, 2.24) is 0 Å². The maximum atomic E-state index is 13.3. The highest BCUT2D eigenvalue weighted by Gasteiger charge is 2.76. The molecule has 0 aromatic heterocycles. The number of rotatable bonds is 11. The second kappa shape index (κ2) is 8.97. The molecule has 0 radical (unpaired) electrons. The van der Waals surface area contributed by atoms with Crippen LogP contribution in [0.4, 0.5) is 43.9 Å². The van der Waals surface area contributed by atoms with Gasteiger partial charge in [-0.25, -0.2) is 4.39 Å². The molecule has 0 spiro atoms. The van der Waals surface area contributed by atoms with Crippen LogP contribution in [0.15, 0.2) is 0 Å². The molecule has 0 saturated carbocycles. The topological polar surface area (TPSA) is 44.8 Å². The van der Waals surface area contributed by atoms with Crippen molar-refractivity contribution in [2.75, 3.05) is 19.5 Å². The fourth-order valence-electron chi connectivity index (χ4n) is 1.24. The molecular formula is C11H14F10O4PS+. The summed E-state index contributed by atoms with van der Waals surface area (Å²) in [5.74, 6) is -7.74. The van der Waals surface area contributed by atoms with Crippen LogP contribution in [0.5, 0.6) is 0 Å². The smallest absolute Gasteiger partial charge is 0.330 e. The minimum atomic E-state index is -6.90. The van der Waals surface area contributed by atoms with Crippen molar-refractivity contribution >= 4 is 19.8 Å². The standard InChI is InChI=1S/C11H14F10O4PS/c1-7(2,26(22)23-3)24-4-5-27-8(13,14)6(12)25-11(20,21)9(15,16)10(17,18)19/h6H,4-5H2,1-3H3/q+1. The first kappa shape index (κ1) is 26.6. The Balaban J connectivity index is 4.82. The maximum absolute atomic E-state index is 13.3. The van der Waals surface area contributed by atoms with E-state index in [1.807, 2.05) is 0 Å². The molecule has 0 aromatic carbocycles. The molecule has 0 rings (SSSR count). The molecule has 0 aliphatic heterocycles. The van der Waals surface area contributed by atoms with Gasteiger partial charge in [0.05, 0.1) is 13.7 Å². The predicted molar refractivity (Wildman–Crippen MR) is 74.0 cm³/mol. The lowest BCUT2D eigenvalue weighted by molar-refractivity contribution is -0.446. The first-order valence-electron chi connectivity index (χ1n) is 6.63. The van der Waals surface area contributed by atoms with Crippen LogP contribution in [0.3, 0.4) is 0 Å². The van der Waals surface area contributed by atoms with Gasteiger partial charge in [-0.15, -0.1) is 4.52 Å². The molecule has 0 heterocycles. The van der Waals surface area contributed by atoms with Crippen LogP contribution >= 0.6 is 19.8 Å². The van der Waals surface area contributed by atoms with Crippen LogP contribution < -0.4 is 0 Å². The highest BCUT2D eigenvalue weighted by atomic mass is 32.2. The van der Waals surface area contributed by atoms with E-state index >= 15 is 0 Å². The summed E-state index contributed by atoms with van der Waals surface area (Å²) in [6, 6.07) is 0. The molecule has 0 saturated heterocycles. The van der Waals surface area contributed by atoms with Gasteiger partial charge in [0.1, 0.15) is 0 Å². The molecule has 0 bridgehead atoms. The van der Waals surface area contributed by atoms with E-state index in [1.165, 1.54) is 13.8 Å². The molecule has 16 heteroatoms. The Morgan fingerprint density at radius 3 is 1.89 bits per heavy atom. The van der Waals surface area contributed by atoms with E-state index in [2.05, 4.69) is 9.26 Å². The fourth-order valence-corrected chi connectivity index (χ4v) is 2.50. The molecule has 2 unspecified atom stereocenters. The van der Waals surface area contributed by atoms with E-state index in [4.69, 9.17) is 4.74 Å². The van der Waals surface area contributed by atoms with Crippen molar-refractivity contribution in [2.45, 2.75) is 49.0 Å². The summed E-state index contributed by atoms with van der Waals surface area (Å²) in [7, 11) is -1.31. The quantitative estimate of drug-likeness (QED) is 0.228. The summed E-state index contributed by atoms with van der Waals surface area (Å²) in [4.78, 5) is 0. The largest absolute Gasteiger partial charge is 0.542 e. The Kier molecular flexibility index (Phi) is 8.85. The number of alkyl halides is 10. The van der Waals surface area contributed by atoms with Gasteiger partial charge in [0, 0.05) is 19.6 Å². The number of hydrogen-bond acceptors (Lipinski definition) is 5. The predicted octanol–water partition coefficient (Wildman–Crippen LogP) is 5.56. The van der Waals surface area contributed by atoms with E-state index in [0.717, 1.165) is 7.11 Å². The van der Waals surface area contributed by atoms with Gasteiger partial charge in [-0.05, 0) is 4.57 Å². The van der Waals surface area contributed by atoms with Crippen molar-refractivity contribution in [1.29, 1.82) is 0 Å². The lowest BCUT2D eigenvalue weighted by atomic mass is 10.3. The fraction of sp³-hybridized carbons (Fsp3) is 1.00. The van der Waals surface area contributed by atoms with Crippen molar-refractivity contribution in [3.63, 3.8) is 0 Å². The Morgan fingerprint density at radius 1 is 1.00 bits per heavy atom. The first-order valence-corrected chi connectivity index (χ1v) is 8.79. The Bertz CT molecular complexity index is 514. The molecule has 27 heavy (non-hydrogen) atoms. The van der Waals surface area contributed by atoms with Crippen LogP contribution in [-0.2, 0) is 18.6 Å². The lowest BCUT2D eigenvalue weighted by Gasteiger charge is -2.30. The van der Waals surface area contributed by atoms with E-state index in [0.29, 0.717) is 0 Å². The van der Waals surface area contributed by atoms with E-state index < -0.39 is 67.3 Å². The van der Waals surface area contributed by atoms with Gasteiger partial charge < -0.3 is 4.74 Å². The Hall–Kier alpha value is -0.370. The van der Waals surface area contributed by atoms with E-state index in [9.17, 15) is 48.5 Å². The van der Waals surface area contributed by atoms with Gasteiger partial charge in [0.25, 0.3) is 11.7 Å². The monoisotopic (exact) mass is 463 g/mol. The van der Waals surface area contributed by atoms with E-state index in [-0.39, 0.29) is 0 Å². The molecule has 0 aromatic rings.